The Hall–Kier alpha value is -1.92. The SMILES string of the molecule is Cc1nc(C)c(CNc2cccc(C(=O)NCCO)c2)s1. The van der Waals surface area contributed by atoms with Gasteiger partial charge in [0.25, 0.3) is 5.91 Å². The maximum Gasteiger partial charge on any atom is 0.251 e. The molecular formula is C15H19N3O2S. The molecule has 21 heavy (non-hydrogen) atoms. The number of carbonyl (C=O) groups excluding carboxylic acids is 1. The van der Waals surface area contributed by atoms with Crippen LogP contribution >= 0.6 is 11.3 Å². The van der Waals surface area contributed by atoms with E-state index in [2.05, 4.69) is 15.6 Å². The lowest BCUT2D eigenvalue weighted by molar-refractivity contribution is 0.0945. The molecule has 1 heterocycles. The quantitative estimate of drug-likeness (QED) is 0.764. The van der Waals surface area contributed by atoms with Crippen molar-refractivity contribution in [3.8, 4) is 0 Å². The number of aliphatic hydroxyl groups excluding tert-OH is 1. The fourth-order valence-electron chi connectivity index (χ4n) is 1.96. The minimum atomic E-state index is -0.183. The van der Waals surface area contributed by atoms with Gasteiger partial charge in [-0.05, 0) is 32.0 Å². The number of hydrogen-bond donors (Lipinski definition) is 3. The van der Waals surface area contributed by atoms with Crippen LogP contribution in [0.4, 0.5) is 5.69 Å². The molecule has 5 nitrogen and oxygen atoms in total. The predicted molar refractivity (Wildman–Crippen MR) is 84.8 cm³/mol. The number of aryl methyl sites for hydroxylation is 2. The van der Waals surface area contributed by atoms with E-state index in [0.29, 0.717) is 12.1 Å². The van der Waals surface area contributed by atoms with Crippen LogP contribution in [0.25, 0.3) is 0 Å². The lowest BCUT2D eigenvalue weighted by atomic mass is 10.2. The number of carbonyl (C=O) groups is 1. The number of rotatable bonds is 6. The Kier molecular flexibility index (Phi) is 5.30. The summed E-state index contributed by atoms with van der Waals surface area (Å²) in [5, 5.41) is 15.7. The van der Waals surface area contributed by atoms with Crippen molar-refractivity contribution in [2.75, 3.05) is 18.5 Å². The van der Waals surface area contributed by atoms with Crippen molar-refractivity contribution >= 4 is 22.9 Å². The lowest BCUT2D eigenvalue weighted by Gasteiger charge is -2.08. The van der Waals surface area contributed by atoms with E-state index in [1.54, 1.807) is 23.5 Å². The Morgan fingerprint density at radius 1 is 1.38 bits per heavy atom. The molecule has 1 aromatic carbocycles. The predicted octanol–water partition coefficient (Wildman–Crippen LogP) is 2.09. The first-order valence-corrected chi connectivity index (χ1v) is 7.57. The third-order valence-electron chi connectivity index (χ3n) is 2.97. The van der Waals surface area contributed by atoms with Crippen LogP contribution in [0.5, 0.6) is 0 Å². The van der Waals surface area contributed by atoms with Crippen LogP contribution in [0.2, 0.25) is 0 Å². The van der Waals surface area contributed by atoms with Gasteiger partial charge in [0.2, 0.25) is 0 Å². The summed E-state index contributed by atoms with van der Waals surface area (Å²) in [5.74, 6) is -0.183. The Morgan fingerprint density at radius 3 is 2.86 bits per heavy atom. The third kappa shape index (κ3) is 4.27. The molecule has 0 aliphatic carbocycles. The van der Waals surface area contributed by atoms with E-state index in [4.69, 9.17) is 5.11 Å². The molecular weight excluding hydrogens is 286 g/mol. The first-order chi connectivity index (χ1) is 10.1. The highest BCUT2D eigenvalue weighted by Gasteiger charge is 2.07. The molecule has 0 saturated carbocycles. The van der Waals surface area contributed by atoms with Crippen molar-refractivity contribution in [2.45, 2.75) is 20.4 Å². The fraction of sp³-hybridized carbons (Fsp3) is 0.333. The molecule has 0 fully saturated rings. The van der Waals surface area contributed by atoms with Crippen LogP contribution < -0.4 is 10.6 Å². The van der Waals surface area contributed by atoms with Gasteiger partial charge in [-0.25, -0.2) is 4.98 Å². The van der Waals surface area contributed by atoms with Crippen molar-refractivity contribution in [1.82, 2.24) is 10.3 Å². The van der Waals surface area contributed by atoms with Crippen molar-refractivity contribution in [2.24, 2.45) is 0 Å². The molecule has 1 aromatic heterocycles. The molecule has 112 valence electrons. The Balaban J connectivity index is 2.01. The topological polar surface area (TPSA) is 74.2 Å². The fourth-order valence-corrected chi connectivity index (χ4v) is 2.84. The number of benzene rings is 1. The molecule has 1 amide bonds. The molecule has 0 unspecified atom stereocenters. The van der Waals surface area contributed by atoms with E-state index < -0.39 is 0 Å². The maximum atomic E-state index is 11.8. The molecule has 2 aromatic rings. The molecule has 0 atom stereocenters. The summed E-state index contributed by atoms with van der Waals surface area (Å²) in [6, 6.07) is 7.31. The largest absolute Gasteiger partial charge is 0.395 e. The number of anilines is 1. The summed E-state index contributed by atoms with van der Waals surface area (Å²) in [4.78, 5) is 17.4. The van der Waals surface area contributed by atoms with Crippen molar-refractivity contribution in [3.63, 3.8) is 0 Å². The standard InChI is InChI=1S/C15H19N3O2S/c1-10-14(21-11(2)18-10)9-17-13-5-3-4-12(8-13)15(20)16-6-7-19/h3-5,8,17,19H,6-7,9H2,1-2H3,(H,16,20). The normalized spacial score (nSPS) is 10.4. The second-order valence-electron chi connectivity index (χ2n) is 4.66. The zero-order valence-corrected chi connectivity index (χ0v) is 13.0. The van der Waals surface area contributed by atoms with Crippen LogP contribution in [0, 0.1) is 13.8 Å². The molecule has 6 heteroatoms. The van der Waals surface area contributed by atoms with Crippen molar-refractivity contribution < 1.29 is 9.90 Å². The van der Waals surface area contributed by atoms with Gasteiger partial charge < -0.3 is 15.7 Å². The van der Waals surface area contributed by atoms with E-state index in [1.165, 1.54) is 4.88 Å². The highest BCUT2D eigenvalue weighted by molar-refractivity contribution is 7.11. The van der Waals surface area contributed by atoms with Crippen LogP contribution in [-0.2, 0) is 6.54 Å². The second kappa shape index (κ2) is 7.19. The van der Waals surface area contributed by atoms with Gasteiger partial charge >= 0.3 is 0 Å². The van der Waals surface area contributed by atoms with E-state index in [9.17, 15) is 4.79 Å². The average Bonchev–Trinajstić information content (AvgIpc) is 2.81. The number of hydrogen-bond acceptors (Lipinski definition) is 5. The highest BCUT2D eigenvalue weighted by Crippen LogP contribution is 2.19. The summed E-state index contributed by atoms with van der Waals surface area (Å²) in [7, 11) is 0. The molecule has 0 spiro atoms. The van der Waals surface area contributed by atoms with Gasteiger partial charge in [0.1, 0.15) is 0 Å². The second-order valence-corrected chi connectivity index (χ2v) is 5.94. The first-order valence-electron chi connectivity index (χ1n) is 6.76. The lowest BCUT2D eigenvalue weighted by Crippen LogP contribution is -2.26. The zero-order chi connectivity index (χ0) is 15.2. The van der Waals surface area contributed by atoms with Gasteiger partial charge in [0.15, 0.2) is 0 Å². The zero-order valence-electron chi connectivity index (χ0n) is 12.1. The maximum absolute atomic E-state index is 11.8. The highest BCUT2D eigenvalue weighted by atomic mass is 32.1. The molecule has 0 saturated heterocycles. The Bertz CT molecular complexity index is 625. The summed E-state index contributed by atoms with van der Waals surface area (Å²) in [6.07, 6.45) is 0. The van der Waals surface area contributed by atoms with E-state index in [1.807, 2.05) is 26.0 Å². The van der Waals surface area contributed by atoms with Crippen LogP contribution in [0.15, 0.2) is 24.3 Å². The smallest absolute Gasteiger partial charge is 0.251 e. The van der Waals surface area contributed by atoms with Crippen molar-refractivity contribution in [1.29, 1.82) is 0 Å². The number of thiazole rings is 1. The number of aromatic nitrogens is 1. The molecule has 0 bridgehead atoms. The average molecular weight is 305 g/mol. The molecule has 2 rings (SSSR count). The van der Waals surface area contributed by atoms with Gasteiger partial charge in [-0.1, -0.05) is 6.07 Å². The molecule has 3 N–H and O–H groups in total. The Morgan fingerprint density at radius 2 is 2.19 bits per heavy atom. The van der Waals surface area contributed by atoms with E-state index in [-0.39, 0.29) is 19.1 Å². The van der Waals surface area contributed by atoms with E-state index >= 15 is 0 Å². The Labute approximate surface area is 128 Å². The van der Waals surface area contributed by atoms with Gasteiger partial charge in [0, 0.05) is 22.7 Å². The van der Waals surface area contributed by atoms with Crippen LogP contribution in [-0.4, -0.2) is 29.1 Å². The number of nitrogens with zero attached hydrogens (tertiary/aromatic N) is 1. The van der Waals surface area contributed by atoms with Gasteiger partial charge in [-0.15, -0.1) is 11.3 Å². The third-order valence-corrected chi connectivity index (χ3v) is 4.05. The molecule has 0 radical (unpaired) electrons. The minimum Gasteiger partial charge on any atom is -0.395 e. The number of aliphatic hydroxyl groups is 1. The number of nitrogens with one attached hydrogen (secondary N) is 2. The summed E-state index contributed by atoms with van der Waals surface area (Å²) in [6.45, 7) is 4.88. The summed E-state index contributed by atoms with van der Waals surface area (Å²) >= 11 is 1.67. The first kappa shape index (κ1) is 15.5. The van der Waals surface area contributed by atoms with Gasteiger partial charge in [-0.2, -0.15) is 0 Å². The summed E-state index contributed by atoms with van der Waals surface area (Å²) < 4.78 is 0. The monoisotopic (exact) mass is 305 g/mol. The van der Waals surface area contributed by atoms with Crippen molar-refractivity contribution in [3.05, 3.63) is 45.4 Å². The van der Waals surface area contributed by atoms with Gasteiger partial charge in [-0.3, -0.25) is 4.79 Å². The molecule has 0 aliphatic heterocycles. The van der Waals surface area contributed by atoms with Crippen LogP contribution in [0.3, 0.4) is 0 Å². The molecule has 0 aliphatic rings. The summed E-state index contributed by atoms with van der Waals surface area (Å²) in [5.41, 5.74) is 2.50. The number of amides is 1. The van der Waals surface area contributed by atoms with E-state index in [0.717, 1.165) is 16.4 Å². The minimum absolute atomic E-state index is 0.0618. The van der Waals surface area contributed by atoms with Gasteiger partial charge in [0.05, 0.1) is 23.9 Å². The van der Waals surface area contributed by atoms with Crippen LogP contribution in [0.1, 0.15) is 25.9 Å².